The van der Waals surface area contributed by atoms with Crippen LogP contribution in [0.2, 0.25) is 0 Å². The molecule has 0 aliphatic rings. The minimum atomic E-state index is -0.502. The van der Waals surface area contributed by atoms with E-state index in [-0.39, 0.29) is 22.3 Å². The molecule has 34 heavy (non-hydrogen) atoms. The molecule has 0 N–H and O–H groups in total. The van der Waals surface area contributed by atoms with Gasteiger partial charge in [-0.2, -0.15) is 0 Å². The molecule has 0 nitrogen and oxygen atoms in total. The Morgan fingerprint density at radius 1 is 0.265 bits per heavy atom. The maximum atomic E-state index is 14.9. The van der Waals surface area contributed by atoms with Crippen LogP contribution >= 0.6 is 0 Å². The molecule has 0 aliphatic carbocycles. The highest BCUT2D eigenvalue weighted by molar-refractivity contribution is 5.95. The van der Waals surface area contributed by atoms with Crippen molar-refractivity contribution in [1.29, 1.82) is 0 Å². The van der Waals surface area contributed by atoms with Gasteiger partial charge in [-0.1, -0.05) is 72.8 Å². The Kier molecular flexibility index (Phi) is 5.72. The van der Waals surface area contributed by atoms with Gasteiger partial charge in [0.15, 0.2) is 0 Å². The van der Waals surface area contributed by atoms with Crippen LogP contribution < -0.4 is 0 Å². The molecule has 0 radical (unpaired) electrons. The molecule has 5 aromatic carbocycles. The zero-order chi connectivity index (χ0) is 23.7. The first-order valence-electron chi connectivity index (χ1n) is 10.7. The van der Waals surface area contributed by atoms with E-state index in [9.17, 15) is 17.6 Å². The molecule has 5 aromatic rings. The zero-order valence-corrected chi connectivity index (χ0v) is 17.9. The fourth-order valence-corrected chi connectivity index (χ4v) is 4.21. The van der Waals surface area contributed by atoms with Gasteiger partial charge in [0.2, 0.25) is 0 Å². The van der Waals surface area contributed by atoms with Gasteiger partial charge in [0.1, 0.15) is 23.3 Å². The first kappa shape index (κ1) is 21.7. The van der Waals surface area contributed by atoms with Gasteiger partial charge >= 0.3 is 0 Å². The third-order valence-corrected chi connectivity index (χ3v) is 5.81. The lowest BCUT2D eigenvalue weighted by Crippen LogP contribution is -1.97. The van der Waals surface area contributed by atoms with Gasteiger partial charge < -0.3 is 0 Å². The van der Waals surface area contributed by atoms with E-state index >= 15 is 0 Å². The van der Waals surface area contributed by atoms with E-state index in [0.717, 1.165) is 0 Å². The van der Waals surface area contributed by atoms with Crippen LogP contribution in [0.25, 0.3) is 44.5 Å². The molecule has 0 unspecified atom stereocenters. The number of benzene rings is 5. The van der Waals surface area contributed by atoms with Gasteiger partial charge in [-0.3, -0.25) is 0 Å². The van der Waals surface area contributed by atoms with Crippen LogP contribution in [-0.4, -0.2) is 0 Å². The van der Waals surface area contributed by atoms with Crippen molar-refractivity contribution < 1.29 is 17.6 Å². The molecule has 0 aliphatic heterocycles. The third kappa shape index (κ3) is 3.88. The van der Waals surface area contributed by atoms with Gasteiger partial charge in [0.25, 0.3) is 0 Å². The summed E-state index contributed by atoms with van der Waals surface area (Å²) in [6, 6.07) is 27.8. The summed E-state index contributed by atoms with van der Waals surface area (Å²) < 4.78 is 59.8. The van der Waals surface area contributed by atoms with Crippen molar-refractivity contribution in [2.75, 3.05) is 0 Å². The smallest absolute Gasteiger partial charge is 0.131 e. The molecular weight excluding hydrogens is 436 g/mol. The molecule has 0 spiro atoms. The average molecular weight is 454 g/mol. The Balaban J connectivity index is 1.93. The van der Waals surface area contributed by atoms with E-state index in [1.165, 1.54) is 24.3 Å². The van der Waals surface area contributed by atoms with Crippen molar-refractivity contribution >= 4 is 0 Å². The first-order valence-corrected chi connectivity index (χ1v) is 10.7. The summed E-state index contributed by atoms with van der Waals surface area (Å²) in [6.45, 7) is 0. The van der Waals surface area contributed by atoms with E-state index in [1.807, 2.05) is 0 Å². The molecule has 0 amide bonds. The van der Waals surface area contributed by atoms with Crippen LogP contribution in [0.3, 0.4) is 0 Å². The molecule has 0 saturated carbocycles. The molecule has 0 atom stereocenters. The Morgan fingerprint density at radius 2 is 0.471 bits per heavy atom. The van der Waals surface area contributed by atoms with Crippen molar-refractivity contribution in [3.8, 4) is 44.5 Å². The fraction of sp³-hybridized carbons (Fsp3) is 0. The van der Waals surface area contributed by atoms with E-state index in [4.69, 9.17) is 0 Å². The summed E-state index contributed by atoms with van der Waals surface area (Å²) in [5, 5.41) is 0. The molecule has 0 heterocycles. The van der Waals surface area contributed by atoms with Crippen LogP contribution in [0.4, 0.5) is 17.6 Å². The molecule has 0 aromatic heterocycles. The van der Waals surface area contributed by atoms with E-state index in [2.05, 4.69) is 0 Å². The van der Waals surface area contributed by atoms with Crippen molar-refractivity contribution in [3.63, 3.8) is 0 Å². The highest BCUT2D eigenvalue weighted by Crippen LogP contribution is 2.44. The van der Waals surface area contributed by atoms with Gasteiger partial charge in [-0.25, -0.2) is 17.6 Å². The molecule has 0 bridgehead atoms. The Bertz CT molecular complexity index is 1280. The quantitative estimate of drug-likeness (QED) is 0.238. The lowest BCUT2D eigenvalue weighted by molar-refractivity contribution is 0.628. The topological polar surface area (TPSA) is 0 Å². The molecule has 0 fully saturated rings. The highest BCUT2D eigenvalue weighted by Gasteiger charge is 2.21. The minimum absolute atomic E-state index is 0.235. The van der Waals surface area contributed by atoms with Gasteiger partial charge in [0, 0.05) is 22.3 Å². The van der Waals surface area contributed by atoms with Crippen LogP contribution in [-0.2, 0) is 0 Å². The Labute approximate surface area is 194 Å². The molecule has 0 saturated heterocycles. The van der Waals surface area contributed by atoms with Gasteiger partial charge in [-0.05, 0) is 58.7 Å². The predicted octanol–water partition coefficient (Wildman–Crippen LogP) is 8.91. The molecule has 4 heteroatoms. The second-order valence-electron chi connectivity index (χ2n) is 7.86. The predicted molar refractivity (Wildman–Crippen MR) is 128 cm³/mol. The highest BCUT2D eigenvalue weighted by atomic mass is 19.1. The number of rotatable bonds is 4. The summed E-state index contributed by atoms with van der Waals surface area (Å²) >= 11 is 0. The van der Waals surface area contributed by atoms with E-state index in [1.54, 1.807) is 84.9 Å². The summed E-state index contributed by atoms with van der Waals surface area (Å²) in [6.07, 6.45) is 0. The fourth-order valence-electron chi connectivity index (χ4n) is 4.21. The third-order valence-electron chi connectivity index (χ3n) is 5.81. The summed E-state index contributed by atoms with van der Waals surface area (Å²) in [7, 11) is 0. The van der Waals surface area contributed by atoms with Gasteiger partial charge in [-0.15, -0.1) is 0 Å². The van der Waals surface area contributed by atoms with Crippen LogP contribution in [0.15, 0.2) is 109 Å². The van der Waals surface area contributed by atoms with Crippen LogP contribution in [0.5, 0.6) is 0 Å². The van der Waals surface area contributed by atoms with Crippen molar-refractivity contribution in [3.05, 3.63) is 132 Å². The van der Waals surface area contributed by atoms with Crippen molar-refractivity contribution in [1.82, 2.24) is 0 Å². The van der Waals surface area contributed by atoms with Crippen molar-refractivity contribution in [2.24, 2.45) is 0 Å². The monoisotopic (exact) mass is 454 g/mol. The second-order valence-corrected chi connectivity index (χ2v) is 7.86. The SMILES string of the molecule is Fc1ccccc1-c1cc(-c2ccccc2F)c(-c2ccccc2F)cc1-c1ccccc1F. The molecular formula is C30H18F4. The lowest BCUT2D eigenvalue weighted by Gasteiger charge is -2.19. The zero-order valence-electron chi connectivity index (χ0n) is 17.9. The number of halogens is 4. The van der Waals surface area contributed by atoms with Crippen LogP contribution in [0.1, 0.15) is 0 Å². The molecule has 5 rings (SSSR count). The van der Waals surface area contributed by atoms with Crippen LogP contribution in [0, 0.1) is 23.3 Å². The Hall–Kier alpha value is -4.18. The van der Waals surface area contributed by atoms with E-state index < -0.39 is 23.3 Å². The molecule has 166 valence electrons. The average Bonchev–Trinajstić information content (AvgIpc) is 2.85. The Morgan fingerprint density at radius 3 is 0.676 bits per heavy atom. The largest absolute Gasteiger partial charge is 0.206 e. The minimum Gasteiger partial charge on any atom is -0.206 e. The number of hydrogen-bond donors (Lipinski definition) is 0. The maximum absolute atomic E-state index is 14.9. The standard InChI is InChI=1S/C30H18F4/c31-27-13-5-1-9-19(27)23-17-25(21-11-3-7-15-29(21)33)26(22-12-4-8-16-30(22)34)18-24(23)20-10-2-6-14-28(20)32/h1-18H. The van der Waals surface area contributed by atoms with E-state index in [0.29, 0.717) is 22.3 Å². The summed E-state index contributed by atoms with van der Waals surface area (Å²) in [5.41, 5.74) is 2.44. The lowest BCUT2D eigenvalue weighted by atomic mass is 9.85. The van der Waals surface area contributed by atoms with Gasteiger partial charge in [0.05, 0.1) is 0 Å². The number of hydrogen-bond acceptors (Lipinski definition) is 0. The van der Waals surface area contributed by atoms with Crippen molar-refractivity contribution in [2.45, 2.75) is 0 Å². The maximum Gasteiger partial charge on any atom is 0.131 e. The second kappa shape index (κ2) is 8.99. The normalized spacial score (nSPS) is 10.9. The first-order chi connectivity index (χ1) is 16.5. The summed E-state index contributed by atoms with van der Waals surface area (Å²) in [4.78, 5) is 0. The summed E-state index contributed by atoms with van der Waals surface area (Å²) in [5.74, 6) is -2.01.